The number of likely N-dealkylation sites (N-methyl/N-ethyl adjacent to an activating group) is 1. The SMILES string of the molecule is CN=C(NCCCOCC1CCOC1)N(C)CC(=O)NC(C)(C)C.I. The highest BCUT2D eigenvalue weighted by Gasteiger charge is 2.17. The number of ether oxygens (including phenoxy) is 2. The summed E-state index contributed by atoms with van der Waals surface area (Å²) in [5, 5.41) is 6.20. The van der Waals surface area contributed by atoms with Crippen molar-refractivity contribution in [1.82, 2.24) is 15.5 Å². The minimum atomic E-state index is -0.226. The Hall–Kier alpha value is -0.610. The van der Waals surface area contributed by atoms with Crippen molar-refractivity contribution in [3.8, 4) is 0 Å². The number of halogens is 1. The molecule has 8 heteroatoms. The minimum Gasteiger partial charge on any atom is -0.381 e. The highest BCUT2D eigenvalue weighted by molar-refractivity contribution is 14.0. The Labute approximate surface area is 169 Å². The van der Waals surface area contributed by atoms with Gasteiger partial charge in [0, 0.05) is 45.3 Å². The molecule has 7 nitrogen and oxygen atoms in total. The van der Waals surface area contributed by atoms with Crippen LogP contribution in [-0.2, 0) is 14.3 Å². The summed E-state index contributed by atoms with van der Waals surface area (Å²) in [6.07, 6.45) is 2.00. The van der Waals surface area contributed by atoms with Gasteiger partial charge in [0.15, 0.2) is 5.96 Å². The number of hydrogen-bond donors (Lipinski definition) is 2. The molecule has 0 radical (unpaired) electrons. The zero-order chi connectivity index (χ0) is 18.0. The molecule has 0 aliphatic carbocycles. The molecule has 0 spiro atoms. The summed E-state index contributed by atoms with van der Waals surface area (Å²) in [5.74, 6) is 1.25. The first kappa shape index (κ1) is 24.4. The van der Waals surface area contributed by atoms with Crippen LogP contribution in [0, 0.1) is 5.92 Å². The van der Waals surface area contributed by atoms with E-state index in [-0.39, 0.29) is 42.0 Å². The summed E-state index contributed by atoms with van der Waals surface area (Å²) in [6, 6.07) is 0. The summed E-state index contributed by atoms with van der Waals surface area (Å²) in [7, 11) is 3.57. The van der Waals surface area contributed by atoms with Crippen LogP contribution in [0.1, 0.15) is 33.6 Å². The molecule has 1 atom stereocenters. The number of rotatable bonds is 8. The van der Waals surface area contributed by atoms with E-state index in [4.69, 9.17) is 9.47 Å². The monoisotopic (exact) mass is 470 g/mol. The van der Waals surface area contributed by atoms with Gasteiger partial charge in [-0.05, 0) is 33.6 Å². The average molecular weight is 470 g/mol. The molecule has 0 aromatic heterocycles. The van der Waals surface area contributed by atoms with Crippen molar-refractivity contribution in [2.75, 3.05) is 53.6 Å². The number of amides is 1. The predicted molar refractivity (Wildman–Crippen MR) is 112 cm³/mol. The van der Waals surface area contributed by atoms with Gasteiger partial charge in [0.2, 0.25) is 5.91 Å². The van der Waals surface area contributed by atoms with Crippen molar-refractivity contribution in [2.24, 2.45) is 10.9 Å². The highest BCUT2D eigenvalue weighted by atomic mass is 127. The second-order valence-electron chi connectivity index (χ2n) is 7.29. The fraction of sp³-hybridized carbons (Fsp3) is 0.882. The Balaban J connectivity index is 0.00000576. The zero-order valence-corrected chi connectivity index (χ0v) is 18.6. The van der Waals surface area contributed by atoms with E-state index in [1.807, 2.05) is 32.7 Å². The second kappa shape index (κ2) is 12.7. The summed E-state index contributed by atoms with van der Waals surface area (Å²) in [5.41, 5.74) is -0.226. The summed E-state index contributed by atoms with van der Waals surface area (Å²) in [4.78, 5) is 18.0. The Morgan fingerprint density at radius 1 is 1.40 bits per heavy atom. The molecule has 0 aromatic carbocycles. The predicted octanol–water partition coefficient (Wildman–Crippen LogP) is 1.47. The van der Waals surface area contributed by atoms with Gasteiger partial charge in [-0.3, -0.25) is 9.79 Å². The molecule has 0 aromatic rings. The van der Waals surface area contributed by atoms with Crippen LogP contribution in [0.25, 0.3) is 0 Å². The smallest absolute Gasteiger partial charge is 0.240 e. The van der Waals surface area contributed by atoms with Crippen molar-refractivity contribution in [3.63, 3.8) is 0 Å². The van der Waals surface area contributed by atoms with Crippen molar-refractivity contribution >= 4 is 35.8 Å². The Morgan fingerprint density at radius 2 is 2.12 bits per heavy atom. The zero-order valence-electron chi connectivity index (χ0n) is 16.3. The third-order valence-electron chi connectivity index (χ3n) is 3.59. The lowest BCUT2D eigenvalue weighted by molar-refractivity contribution is -0.122. The number of guanidine groups is 1. The molecule has 0 saturated carbocycles. The van der Waals surface area contributed by atoms with Crippen molar-refractivity contribution in [2.45, 2.75) is 39.2 Å². The van der Waals surface area contributed by atoms with Crippen molar-refractivity contribution in [3.05, 3.63) is 0 Å². The molecule has 0 bridgehead atoms. The van der Waals surface area contributed by atoms with Gasteiger partial charge in [-0.2, -0.15) is 0 Å². The minimum absolute atomic E-state index is 0. The standard InChI is InChI=1S/C17H34N4O3.HI/c1-17(2,3)20-15(22)11-21(5)16(18-4)19-8-6-9-23-12-14-7-10-24-13-14;/h14H,6-13H2,1-5H3,(H,18,19)(H,20,22);1H. The summed E-state index contributed by atoms with van der Waals surface area (Å²) in [6.45, 7) is 10.1. The van der Waals surface area contributed by atoms with E-state index in [1.165, 1.54) is 0 Å². The Bertz CT molecular complexity index is 407. The molecule has 1 heterocycles. The summed E-state index contributed by atoms with van der Waals surface area (Å²) >= 11 is 0. The lowest BCUT2D eigenvalue weighted by Crippen LogP contribution is -2.48. The van der Waals surface area contributed by atoms with Gasteiger partial charge in [-0.15, -0.1) is 24.0 Å². The molecule has 1 fully saturated rings. The first-order valence-corrected chi connectivity index (χ1v) is 8.70. The van der Waals surface area contributed by atoms with E-state index in [9.17, 15) is 4.79 Å². The molecule has 148 valence electrons. The Kier molecular flexibility index (Phi) is 12.4. The molecule has 1 saturated heterocycles. The van der Waals surface area contributed by atoms with Crippen LogP contribution in [0.5, 0.6) is 0 Å². The van der Waals surface area contributed by atoms with Crippen molar-refractivity contribution < 1.29 is 14.3 Å². The largest absolute Gasteiger partial charge is 0.381 e. The summed E-state index contributed by atoms with van der Waals surface area (Å²) < 4.78 is 11.0. The lowest BCUT2D eigenvalue weighted by Gasteiger charge is -2.25. The number of nitrogens with one attached hydrogen (secondary N) is 2. The maximum absolute atomic E-state index is 12.0. The molecule has 2 N–H and O–H groups in total. The highest BCUT2D eigenvalue weighted by Crippen LogP contribution is 2.12. The lowest BCUT2D eigenvalue weighted by atomic mass is 10.1. The fourth-order valence-corrected chi connectivity index (χ4v) is 2.47. The van der Waals surface area contributed by atoms with Gasteiger partial charge in [0.25, 0.3) is 0 Å². The van der Waals surface area contributed by atoms with Crippen LogP contribution in [0.2, 0.25) is 0 Å². The van der Waals surface area contributed by atoms with Crippen LogP contribution in [-0.4, -0.2) is 75.9 Å². The van der Waals surface area contributed by atoms with E-state index in [1.54, 1.807) is 7.05 Å². The number of aliphatic imine (C=N–C) groups is 1. The van der Waals surface area contributed by atoms with Crippen LogP contribution >= 0.6 is 24.0 Å². The number of nitrogens with zero attached hydrogens (tertiary/aromatic N) is 2. The van der Waals surface area contributed by atoms with E-state index in [2.05, 4.69) is 15.6 Å². The van der Waals surface area contributed by atoms with Gasteiger partial charge in [0.05, 0.1) is 19.8 Å². The average Bonchev–Trinajstić information content (AvgIpc) is 2.97. The molecule has 1 aliphatic heterocycles. The normalized spacial score (nSPS) is 17.8. The van der Waals surface area contributed by atoms with Crippen LogP contribution < -0.4 is 10.6 Å². The first-order chi connectivity index (χ1) is 11.3. The van der Waals surface area contributed by atoms with E-state index in [0.29, 0.717) is 18.5 Å². The third-order valence-corrected chi connectivity index (χ3v) is 3.59. The quantitative estimate of drug-likeness (QED) is 0.243. The third kappa shape index (κ3) is 11.6. The molecule has 1 unspecified atom stereocenters. The topological polar surface area (TPSA) is 75.2 Å². The van der Waals surface area contributed by atoms with Gasteiger partial charge >= 0.3 is 0 Å². The molecule has 25 heavy (non-hydrogen) atoms. The molecule has 1 amide bonds. The van der Waals surface area contributed by atoms with Crippen LogP contribution in [0.3, 0.4) is 0 Å². The van der Waals surface area contributed by atoms with E-state index < -0.39 is 0 Å². The van der Waals surface area contributed by atoms with Gasteiger partial charge in [-0.25, -0.2) is 0 Å². The maximum atomic E-state index is 12.0. The van der Waals surface area contributed by atoms with E-state index in [0.717, 1.165) is 39.2 Å². The number of carbonyl (C=O) groups is 1. The van der Waals surface area contributed by atoms with Gasteiger partial charge < -0.3 is 25.0 Å². The Morgan fingerprint density at radius 3 is 2.68 bits per heavy atom. The van der Waals surface area contributed by atoms with Crippen molar-refractivity contribution in [1.29, 1.82) is 0 Å². The first-order valence-electron chi connectivity index (χ1n) is 8.70. The van der Waals surface area contributed by atoms with Gasteiger partial charge in [0.1, 0.15) is 0 Å². The molecular weight excluding hydrogens is 435 g/mol. The van der Waals surface area contributed by atoms with Gasteiger partial charge in [-0.1, -0.05) is 0 Å². The fourth-order valence-electron chi connectivity index (χ4n) is 2.47. The molecule has 1 rings (SSSR count). The number of carbonyl (C=O) groups excluding carboxylic acids is 1. The molecule has 1 aliphatic rings. The van der Waals surface area contributed by atoms with Crippen LogP contribution in [0.15, 0.2) is 4.99 Å². The van der Waals surface area contributed by atoms with Crippen LogP contribution in [0.4, 0.5) is 0 Å². The second-order valence-corrected chi connectivity index (χ2v) is 7.29. The maximum Gasteiger partial charge on any atom is 0.240 e. The number of hydrogen-bond acceptors (Lipinski definition) is 4. The molecular formula is C17H35IN4O3. The van der Waals surface area contributed by atoms with E-state index >= 15 is 0 Å².